The van der Waals surface area contributed by atoms with Crippen molar-refractivity contribution in [3.8, 4) is 6.07 Å². The van der Waals surface area contributed by atoms with Gasteiger partial charge >= 0.3 is 6.18 Å². The molecule has 0 aromatic heterocycles. The predicted molar refractivity (Wildman–Crippen MR) is 84.1 cm³/mol. The molecule has 0 aliphatic heterocycles. The molecule has 0 unspecified atom stereocenters. The minimum absolute atomic E-state index is 0.199. The highest BCUT2D eigenvalue weighted by Crippen LogP contribution is 2.31. The second-order valence-electron chi connectivity index (χ2n) is 4.27. The first-order valence-electron chi connectivity index (χ1n) is 5.96. The lowest BCUT2D eigenvalue weighted by Gasteiger charge is -2.08. The fourth-order valence-electron chi connectivity index (χ4n) is 1.79. The third-order valence-corrected chi connectivity index (χ3v) is 3.81. The van der Waals surface area contributed by atoms with E-state index < -0.39 is 11.7 Å². The van der Waals surface area contributed by atoms with Gasteiger partial charge in [-0.05, 0) is 58.0 Å². The lowest BCUT2D eigenvalue weighted by atomic mass is 10.0. The molecule has 2 aromatic carbocycles. The topological polar surface area (TPSA) is 23.8 Å². The van der Waals surface area contributed by atoms with Gasteiger partial charge in [0.1, 0.15) is 0 Å². The molecule has 0 N–H and O–H groups in total. The molecule has 0 spiro atoms. The Morgan fingerprint density at radius 2 is 1.81 bits per heavy atom. The van der Waals surface area contributed by atoms with E-state index in [0.29, 0.717) is 0 Å². The molecule has 0 aliphatic rings. The van der Waals surface area contributed by atoms with Gasteiger partial charge < -0.3 is 0 Å². The van der Waals surface area contributed by atoms with Crippen LogP contribution in [-0.2, 0) is 6.18 Å². The highest BCUT2D eigenvalue weighted by atomic mass is 127. The number of halogens is 4. The number of hydrogen-bond acceptors (Lipinski definition) is 1. The summed E-state index contributed by atoms with van der Waals surface area (Å²) in [5, 5.41) is 9.22. The molecule has 0 radical (unpaired) electrons. The van der Waals surface area contributed by atoms with Crippen LogP contribution >= 0.6 is 22.6 Å². The molecule has 21 heavy (non-hydrogen) atoms. The maximum absolute atomic E-state index is 12.7. The minimum atomic E-state index is -4.42. The van der Waals surface area contributed by atoms with Crippen molar-refractivity contribution in [2.45, 2.75) is 6.18 Å². The summed E-state index contributed by atoms with van der Waals surface area (Å²) in [6, 6.07) is 14.1. The molecule has 0 heterocycles. The zero-order valence-electron chi connectivity index (χ0n) is 10.7. The lowest BCUT2D eigenvalue weighted by molar-refractivity contribution is -0.137. The van der Waals surface area contributed by atoms with Gasteiger partial charge in [0.25, 0.3) is 0 Å². The average molecular weight is 399 g/mol. The summed E-state index contributed by atoms with van der Waals surface area (Å²) in [6.07, 6.45) is -2.82. The van der Waals surface area contributed by atoms with E-state index in [0.717, 1.165) is 21.3 Å². The van der Waals surface area contributed by atoms with Crippen LogP contribution in [0.4, 0.5) is 13.2 Å². The van der Waals surface area contributed by atoms with Crippen LogP contribution in [0, 0.1) is 14.9 Å². The summed E-state index contributed by atoms with van der Waals surface area (Å²) in [5.74, 6) is 0. The number of rotatable bonds is 2. The van der Waals surface area contributed by atoms with Crippen molar-refractivity contribution in [3.63, 3.8) is 0 Å². The van der Waals surface area contributed by atoms with Crippen molar-refractivity contribution >= 4 is 34.2 Å². The molecular weight excluding hydrogens is 390 g/mol. The SMILES string of the molecule is N#C/C(=C/c1ccccc1I)c1cccc(C(F)(F)F)c1. The summed E-state index contributed by atoms with van der Waals surface area (Å²) in [4.78, 5) is 0. The van der Waals surface area contributed by atoms with E-state index in [4.69, 9.17) is 0 Å². The highest BCUT2D eigenvalue weighted by Gasteiger charge is 2.30. The van der Waals surface area contributed by atoms with Crippen molar-refractivity contribution in [2.24, 2.45) is 0 Å². The van der Waals surface area contributed by atoms with Gasteiger partial charge in [-0.25, -0.2) is 0 Å². The van der Waals surface area contributed by atoms with E-state index in [2.05, 4.69) is 22.6 Å². The summed E-state index contributed by atoms with van der Waals surface area (Å²) < 4.78 is 39.1. The summed E-state index contributed by atoms with van der Waals surface area (Å²) in [6.45, 7) is 0. The smallest absolute Gasteiger partial charge is 0.192 e. The van der Waals surface area contributed by atoms with Crippen LogP contribution in [0.15, 0.2) is 48.5 Å². The Hall–Kier alpha value is -1.81. The van der Waals surface area contributed by atoms with Crippen LogP contribution < -0.4 is 0 Å². The van der Waals surface area contributed by atoms with Crippen LogP contribution in [0.3, 0.4) is 0 Å². The Morgan fingerprint density at radius 1 is 1.10 bits per heavy atom. The maximum Gasteiger partial charge on any atom is 0.416 e. The molecule has 0 aliphatic carbocycles. The van der Waals surface area contributed by atoms with E-state index in [1.165, 1.54) is 12.1 Å². The van der Waals surface area contributed by atoms with Gasteiger partial charge in [0, 0.05) is 3.57 Å². The van der Waals surface area contributed by atoms with Crippen molar-refractivity contribution < 1.29 is 13.2 Å². The van der Waals surface area contributed by atoms with Gasteiger partial charge in [-0.1, -0.05) is 30.3 Å². The lowest BCUT2D eigenvalue weighted by Crippen LogP contribution is -2.04. The third-order valence-electron chi connectivity index (χ3n) is 2.83. The predicted octanol–water partition coefficient (Wildman–Crippen LogP) is 5.37. The first-order valence-corrected chi connectivity index (χ1v) is 7.03. The van der Waals surface area contributed by atoms with Crippen LogP contribution in [0.25, 0.3) is 11.6 Å². The van der Waals surface area contributed by atoms with E-state index in [-0.39, 0.29) is 11.1 Å². The van der Waals surface area contributed by atoms with E-state index in [1.807, 2.05) is 30.3 Å². The molecule has 0 amide bonds. The van der Waals surface area contributed by atoms with Crippen molar-refractivity contribution in [2.75, 3.05) is 0 Å². The largest absolute Gasteiger partial charge is 0.416 e. The average Bonchev–Trinajstić information content (AvgIpc) is 2.46. The van der Waals surface area contributed by atoms with Gasteiger partial charge in [-0.15, -0.1) is 0 Å². The second kappa shape index (κ2) is 6.31. The van der Waals surface area contributed by atoms with Gasteiger partial charge in [0.2, 0.25) is 0 Å². The monoisotopic (exact) mass is 399 g/mol. The fraction of sp³-hybridized carbons (Fsp3) is 0.0625. The Kier molecular flexibility index (Phi) is 4.68. The van der Waals surface area contributed by atoms with Gasteiger partial charge in [-0.2, -0.15) is 18.4 Å². The standard InChI is InChI=1S/C16H9F3IN/c17-16(18,19)14-6-3-5-11(9-14)13(10-21)8-12-4-1-2-7-15(12)20/h1-9H/b13-8-. The van der Waals surface area contributed by atoms with Crippen LogP contribution in [0.1, 0.15) is 16.7 Å². The molecule has 0 atom stereocenters. The maximum atomic E-state index is 12.7. The van der Waals surface area contributed by atoms with E-state index in [1.54, 1.807) is 6.08 Å². The molecule has 2 rings (SSSR count). The number of benzene rings is 2. The molecule has 0 saturated carbocycles. The highest BCUT2D eigenvalue weighted by molar-refractivity contribution is 14.1. The number of allylic oxidation sites excluding steroid dienone is 1. The van der Waals surface area contributed by atoms with Crippen molar-refractivity contribution in [1.82, 2.24) is 0 Å². The Labute approximate surface area is 133 Å². The van der Waals surface area contributed by atoms with Crippen LogP contribution in [0.5, 0.6) is 0 Å². The summed E-state index contributed by atoms with van der Waals surface area (Å²) in [7, 11) is 0. The van der Waals surface area contributed by atoms with Crippen molar-refractivity contribution in [3.05, 3.63) is 68.8 Å². The van der Waals surface area contributed by atoms with Crippen LogP contribution in [0.2, 0.25) is 0 Å². The number of alkyl halides is 3. The minimum Gasteiger partial charge on any atom is -0.192 e. The van der Waals surface area contributed by atoms with E-state index >= 15 is 0 Å². The second-order valence-corrected chi connectivity index (χ2v) is 5.43. The number of nitriles is 1. The van der Waals surface area contributed by atoms with Crippen molar-refractivity contribution in [1.29, 1.82) is 5.26 Å². The summed E-state index contributed by atoms with van der Waals surface area (Å²) >= 11 is 2.12. The molecule has 0 fully saturated rings. The van der Waals surface area contributed by atoms with Gasteiger partial charge in [-0.3, -0.25) is 0 Å². The number of nitrogens with zero attached hydrogens (tertiary/aromatic N) is 1. The zero-order valence-corrected chi connectivity index (χ0v) is 12.8. The molecule has 2 aromatic rings. The molecule has 106 valence electrons. The van der Waals surface area contributed by atoms with Gasteiger partial charge in [0.15, 0.2) is 0 Å². The Bertz CT molecular complexity index is 727. The zero-order chi connectivity index (χ0) is 15.5. The first kappa shape index (κ1) is 15.6. The normalized spacial score (nSPS) is 12.0. The fourth-order valence-corrected chi connectivity index (χ4v) is 2.33. The Balaban J connectivity index is 2.49. The molecule has 0 bridgehead atoms. The molecule has 5 heteroatoms. The van der Waals surface area contributed by atoms with Crippen LogP contribution in [-0.4, -0.2) is 0 Å². The number of hydrogen-bond donors (Lipinski definition) is 0. The van der Waals surface area contributed by atoms with E-state index in [9.17, 15) is 18.4 Å². The first-order chi connectivity index (χ1) is 9.91. The molecular formula is C16H9F3IN. The Morgan fingerprint density at radius 3 is 2.43 bits per heavy atom. The molecule has 0 saturated heterocycles. The summed E-state index contributed by atoms with van der Waals surface area (Å²) in [5.41, 5.74) is 0.494. The third kappa shape index (κ3) is 3.85. The molecule has 1 nitrogen and oxygen atoms in total. The van der Waals surface area contributed by atoms with Gasteiger partial charge in [0.05, 0.1) is 17.2 Å². The quantitative estimate of drug-likeness (QED) is 0.378.